The maximum atomic E-state index is 14.3. The molecule has 14 nitrogen and oxygen atoms in total. The Morgan fingerprint density at radius 3 is 1.32 bits per heavy atom. The van der Waals surface area contributed by atoms with Gasteiger partial charge in [0.05, 0.1) is 45.2 Å². The van der Waals surface area contributed by atoms with E-state index in [0.29, 0.717) is 32.9 Å². The molecule has 0 unspecified atom stereocenters. The number of likely N-dealkylation sites (tertiary alicyclic amines) is 2. The minimum absolute atomic E-state index is 0.00263. The molecule has 422 valence electrons. The van der Waals surface area contributed by atoms with Crippen molar-refractivity contribution in [2.45, 2.75) is 153 Å². The highest BCUT2D eigenvalue weighted by Crippen LogP contribution is 2.54. The zero-order valence-electron chi connectivity index (χ0n) is 45.7. The summed E-state index contributed by atoms with van der Waals surface area (Å²) in [5.41, 5.74) is 0.977. The molecule has 2 heterocycles. The third-order valence-electron chi connectivity index (χ3n) is 15.0. The van der Waals surface area contributed by atoms with Gasteiger partial charge in [-0.05, 0) is 138 Å². The lowest BCUT2D eigenvalue weighted by atomic mass is 9.67. The molecule has 0 radical (unpaired) electrons. The fourth-order valence-electron chi connectivity index (χ4n) is 10.7. The SMILES string of the molecule is CC[C@@H](CN(C)S(=O)(=O)C(C)(C)C)N1C(=O)[C@@](C)(CC(=O)O)C[C@H](c2cccc(Cl)c2)[C@H]1c1ccc(Cl)cc1.CC[C@@H](CNS(=O)(=O)C(C)(C)C)N1C(=O)[C@@](C)(CC(=O)O)C[C@H](c2cccc(Cl)c2)[C@H]1c1ccc(Cl)cc1. The van der Waals surface area contributed by atoms with Crippen molar-refractivity contribution in [3.8, 4) is 0 Å². The molecule has 0 spiro atoms. The largest absolute Gasteiger partial charge is 0.481 e. The number of nitrogens with one attached hydrogen (secondary N) is 1. The van der Waals surface area contributed by atoms with E-state index in [4.69, 9.17) is 46.4 Å². The molecule has 0 aliphatic carbocycles. The monoisotopic (exact) mass is 1180 g/mol. The summed E-state index contributed by atoms with van der Waals surface area (Å²) >= 11 is 25.1. The number of halogens is 4. The highest BCUT2D eigenvalue weighted by Gasteiger charge is 2.54. The molecule has 6 rings (SSSR count). The molecular formula is C57H74Cl4N4O10S2. The first-order chi connectivity index (χ1) is 35.6. The Labute approximate surface area is 475 Å². The smallest absolute Gasteiger partial charge is 0.304 e. The zero-order chi connectivity index (χ0) is 57.8. The molecule has 0 bridgehead atoms. The van der Waals surface area contributed by atoms with Gasteiger partial charge in [0.2, 0.25) is 31.9 Å². The number of carbonyl (C=O) groups excluding carboxylic acids is 2. The van der Waals surface area contributed by atoms with E-state index >= 15 is 0 Å². The molecule has 3 N–H and O–H groups in total. The Balaban J connectivity index is 0.000000284. The summed E-state index contributed by atoms with van der Waals surface area (Å²) in [4.78, 5) is 55.9. The summed E-state index contributed by atoms with van der Waals surface area (Å²) in [6, 6.07) is 27.2. The molecule has 20 heteroatoms. The number of carboxylic acid groups (broad SMARTS) is 2. The van der Waals surface area contributed by atoms with E-state index in [9.17, 15) is 46.2 Å². The van der Waals surface area contributed by atoms with Gasteiger partial charge < -0.3 is 20.0 Å². The van der Waals surface area contributed by atoms with Gasteiger partial charge in [0, 0.05) is 64.1 Å². The van der Waals surface area contributed by atoms with E-state index in [0.717, 1.165) is 22.3 Å². The van der Waals surface area contributed by atoms with Crippen LogP contribution in [0.5, 0.6) is 0 Å². The average molecular weight is 1180 g/mol. The van der Waals surface area contributed by atoms with E-state index in [1.807, 2.05) is 74.5 Å². The number of sulfonamides is 2. The van der Waals surface area contributed by atoms with Crippen LogP contribution in [0, 0.1) is 10.8 Å². The van der Waals surface area contributed by atoms with Crippen molar-refractivity contribution in [2.75, 3.05) is 20.1 Å². The van der Waals surface area contributed by atoms with Crippen molar-refractivity contribution in [3.05, 3.63) is 139 Å². The molecule has 0 aromatic heterocycles. The lowest BCUT2D eigenvalue weighted by Crippen LogP contribution is -2.58. The van der Waals surface area contributed by atoms with E-state index in [1.165, 1.54) is 11.4 Å². The van der Waals surface area contributed by atoms with Crippen molar-refractivity contribution in [3.63, 3.8) is 0 Å². The van der Waals surface area contributed by atoms with Crippen LogP contribution < -0.4 is 4.72 Å². The molecule has 2 aliphatic heterocycles. The lowest BCUT2D eigenvalue weighted by Gasteiger charge is -2.52. The summed E-state index contributed by atoms with van der Waals surface area (Å²) in [5, 5.41) is 21.7. The Hall–Kier alpha value is -4.26. The Morgan fingerprint density at radius 1 is 0.623 bits per heavy atom. The second kappa shape index (κ2) is 25.0. The van der Waals surface area contributed by atoms with Crippen LogP contribution >= 0.6 is 46.4 Å². The number of aliphatic carboxylic acids is 2. The standard InChI is InChI=1S/C29H38Cl2N2O5S.C28H36Cl2N2O5S/c1-7-23(18-32(6)39(37,38)28(2,3)4)33-26(19-11-13-21(30)14-12-19)24(20-9-8-10-22(31)15-20)16-29(5,27(33)36)17-25(34)35;1-6-22(17-31-38(36,37)27(2,3)4)32-25(18-10-12-20(29)13-11-18)23(19-8-7-9-21(30)14-19)15-28(5,26(32)35)16-24(33)34/h8-15,23-24,26H,7,16-18H2,1-6H3,(H,34,35);7-14,22-23,25,31H,6,15-17H2,1-5H3,(H,33,34)/t23-,24+,26+,29+;22-,23+,25+,28+/m00/s1. The number of nitrogens with zero attached hydrogens (tertiary/aromatic N) is 3. The molecule has 2 fully saturated rings. The van der Waals surface area contributed by atoms with E-state index < -0.39 is 76.5 Å². The first-order valence-electron chi connectivity index (χ1n) is 25.7. The van der Waals surface area contributed by atoms with Gasteiger partial charge in [-0.2, -0.15) is 0 Å². The minimum atomic E-state index is -3.68. The second-order valence-corrected chi connectivity index (χ2v) is 30.0. The number of rotatable bonds is 18. The van der Waals surface area contributed by atoms with E-state index in [1.54, 1.807) is 102 Å². The number of hydrogen-bond acceptors (Lipinski definition) is 8. The molecular weight excluding hydrogens is 1110 g/mol. The molecule has 8 atom stereocenters. The number of piperidine rings is 2. The van der Waals surface area contributed by atoms with Crippen molar-refractivity contribution < 1.29 is 46.2 Å². The van der Waals surface area contributed by atoms with Crippen LogP contribution in [0.3, 0.4) is 0 Å². The van der Waals surface area contributed by atoms with Gasteiger partial charge >= 0.3 is 11.9 Å². The summed E-state index contributed by atoms with van der Waals surface area (Å²) in [6.45, 7) is 17.0. The summed E-state index contributed by atoms with van der Waals surface area (Å²) in [7, 11) is -5.83. The Kier molecular flexibility index (Phi) is 20.7. The van der Waals surface area contributed by atoms with E-state index in [-0.39, 0.29) is 62.4 Å². The number of hydrogen-bond donors (Lipinski definition) is 3. The second-order valence-electron chi connectivity index (χ2n) is 22.9. The topological polar surface area (TPSA) is 199 Å². The van der Waals surface area contributed by atoms with Crippen LogP contribution in [0.4, 0.5) is 0 Å². The third-order valence-corrected chi connectivity index (χ3v) is 20.6. The molecule has 2 saturated heterocycles. The van der Waals surface area contributed by atoms with Gasteiger partial charge in [-0.3, -0.25) is 19.2 Å². The molecule has 4 aromatic carbocycles. The quantitative estimate of drug-likeness (QED) is 0.0861. The highest BCUT2D eigenvalue weighted by molar-refractivity contribution is 7.91. The number of carbonyl (C=O) groups is 4. The van der Waals surface area contributed by atoms with Crippen molar-refractivity contribution in [1.29, 1.82) is 0 Å². The molecule has 2 aliphatic rings. The average Bonchev–Trinajstić information content (AvgIpc) is 3.32. The Morgan fingerprint density at radius 2 is 1.00 bits per heavy atom. The van der Waals surface area contributed by atoms with Crippen LogP contribution in [0.25, 0.3) is 0 Å². The fourth-order valence-corrected chi connectivity index (χ4v) is 13.5. The molecule has 77 heavy (non-hydrogen) atoms. The predicted molar refractivity (Wildman–Crippen MR) is 307 cm³/mol. The van der Waals surface area contributed by atoms with Gasteiger partial charge in [-0.15, -0.1) is 0 Å². The van der Waals surface area contributed by atoms with Crippen LogP contribution in [-0.4, -0.2) is 107 Å². The van der Waals surface area contributed by atoms with Gasteiger partial charge in [0.15, 0.2) is 0 Å². The number of benzene rings is 4. The summed E-state index contributed by atoms with van der Waals surface area (Å²) in [5.74, 6) is -3.37. The maximum Gasteiger partial charge on any atom is 0.304 e. The fraction of sp³-hybridized carbons (Fsp3) is 0.509. The van der Waals surface area contributed by atoms with E-state index in [2.05, 4.69) is 4.72 Å². The summed E-state index contributed by atoms with van der Waals surface area (Å²) in [6.07, 6.45) is 0.788. The van der Waals surface area contributed by atoms with Crippen molar-refractivity contribution in [2.24, 2.45) is 10.8 Å². The first kappa shape index (κ1) is 63.6. The molecule has 0 saturated carbocycles. The van der Waals surface area contributed by atoms with Gasteiger partial charge in [0.1, 0.15) is 0 Å². The highest BCUT2D eigenvalue weighted by atomic mass is 35.5. The number of amides is 2. The minimum Gasteiger partial charge on any atom is -0.481 e. The van der Waals surface area contributed by atoms with Gasteiger partial charge in [-0.25, -0.2) is 25.9 Å². The lowest BCUT2D eigenvalue weighted by molar-refractivity contribution is -0.160. The van der Waals surface area contributed by atoms with Crippen LogP contribution in [-0.2, 0) is 39.2 Å². The van der Waals surface area contributed by atoms with Crippen molar-refractivity contribution in [1.82, 2.24) is 18.8 Å². The van der Waals surface area contributed by atoms with Crippen molar-refractivity contribution >= 4 is 90.2 Å². The Bertz CT molecular complexity index is 2990. The zero-order valence-corrected chi connectivity index (χ0v) is 50.3. The molecule has 4 aromatic rings. The van der Waals surface area contributed by atoms with Gasteiger partial charge in [0.25, 0.3) is 0 Å². The molecule has 2 amide bonds. The number of carboxylic acids is 2. The normalized spacial score (nSPS) is 23.3. The van der Waals surface area contributed by atoms with Crippen LogP contribution in [0.1, 0.15) is 154 Å². The van der Waals surface area contributed by atoms with Crippen LogP contribution in [0.2, 0.25) is 20.1 Å². The first-order valence-corrected chi connectivity index (χ1v) is 30.1. The third kappa shape index (κ3) is 14.8. The van der Waals surface area contributed by atoms with Crippen LogP contribution in [0.15, 0.2) is 97.1 Å². The predicted octanol–water partition coefficient (Wildman–Crippen LogP) is 12.4. The van der Waals surface area contributed by atoms with Gasteiger partial charge in [-0.1, -0.05) is 123 Å². The number of likely N-dealkylation sites (N-methyl/N-ethyl adjacent to an activating group) is 1. The maximum absolute atomic E-state index is 14.3. The summed E-state index contributed by atoms with van der Waals surface area (Å²) < 4.78 is 54.3.